The maximum absolute atomic E-state index is 11.8. The van der Waals surface area contributed by atoms with E-state index >= 15 is 0 Å². The van der Waals surface area contributed by atoms with Crippen LogP contribution in [0.3, 0.4) is 0 Å². The van der Waals surface area contributed by atoms with Gasteiger partial charge in [-0.1, -0.05) is 19.3 Å². The zero-order valence-corrected chi connectivity index (χ0v) is 13.0. The van der Waals surface area contributed by atoms with Crippen molar-refractivity contribution in [3.8, 4) is 0 Å². The number of hydrogen-bond donors (Lipinski definition) is 2. The van der Waals surface area contributed by atoms with Crippen LogP contribution in [-0.4, -0.2) is 44.5 Å². The van der Waals surface area contributed by atoms with E-state index < -0.39 is 9.84 Å². The van der Waals surface area contributed by atoms with Crippen molar-refractivity contribution in [2.45, 2.75) is 68.7 Å². The van der Waals surface area contributed by atoms with Crippen molar-refractivity contribution in [2.24, 2.45) is 0 Å². The van der Waals surface area contributed by atoms with Gasteiger partial charge < -0.3 is 10.6 Å². The van der Waals surface area contributed by atoms with E-state index in [4.69, 9.17) is 0 Å². The molecule has 2 fully saturated rings. The molecule has 0 aromatic heterocycles. The van der Waals surface area contributed by atoms with E-state index in [0.717, 1.165) is 32.1 Å². The van der Waals surface area contributed by atoms with Crippen LogP contribution in [0.5, 0.6) is 0 Å². The van der Waals surface area contributed by atoms with Crippen LogP contribution < -0.4 is 10.6 Å². The number of nitrogens with one attached hydrogen (secondary N) is 2. The van der Waals surface area contributed by atoms with Gasteiger partial charge >= 0.3 is 0 Å². The number of amides is 1. The quantitative estimate of drug-likeness (QED) is 0.767. The Labute approximate surface area is 121 Å². The molecule has 2 atom stereocenters. The summed E-state index contributed by atoms with van der Waals surface area (Å²) in [6.45, 7) is 0.565. The summed E-state index contributed by atoms with van der Waals surface area (Å²) < 4.78 is 23.3. The molecule has 1 amide bonds. The molecule has 0 radical (unpaired) electrons. The van der Waals surface area contributed by atoms with Gasteiger partial charge in [-0.15, -0.1) is 0 Å². The van der Waals surface area contributed by atoms with E-state index in [9.17, 15) is 13.2 Å². The van der Waals surface area contributed by atoms with Gasteiger partial charge in [-0.05, 0) is 25.7 Å². The first-order valence-electron chi connectivity index (χ1n) is 7.68. The van der Waals surface area contributed by atoms with E-state index in [1.807, 2.05) is 0 Å². The molecule has 0 aliphatic heterocycles. The van der Waals surface area contributed by atoms with E-state index in [1.54, 1.807) is 0 Å². The first-order valence-corrected chi connectivity index (χ1v) is 9.64. The topological polar surface area (TPSA) is 75.3 Å². The van der Waals surface area contributed by atoms with Gasteiger partial charge in [0.2, 0.25) is 5.91 Å². The maximum Gasteiger partial charge on any atom is 0.221 e. The minimum atomic E-state index is -2.98. The van der Waals surface area contributed by atoms with E-state index in [-0.39, 0.29) is 17.2 Å². The van der Waals surface area contributed by atoms with Crippen LogP contribution in [0.2, 0.25) is 0 Å². The van der Waals surface area contributed by atoms with Crippen LogP contribution >= 0.6 is 0 Å². The van der Waals surface area contributed by atoms with Crippen molar-refractivity contribution in [3.63, 3.8) is 0 Å². The van der Waals surface area contributed by atoms with E-state index in [2.05, 4.69) is 10.6 Å². The Kier molecular flexibility index (Phi) is 5.43. The molecule has 2 aliphatic carbocycles. The maximum atomic E-state index is 11.8. The minimum absolute atomic E-state index is 0.0179. The highest BCUT2D eigenvalue weighted by Gasteiger charge is 2.34. The number of carbonyl (C=O) groups excluding carboxylic acids is 1. The smallest absolute Gasteiger partial charge is 0.221 e. The van der Waals surface area contributed by atoms with Gasteiger partial charge in [0.1, 0.15) is 0 Å². The molecule has 0 heterocycles. The molecule has 0 saturated heterocycles. The molecule has 0 aromatic rings. The Hall–Kier alpha value is -0.620. The molecule has 0 bridgehead atoms. The fraction of sp³-hybridized carbons (Fsp3) is 0.929. The Bertz CT molecular complexity index is 430. The standard InChI is InChI=1S/C14H26N2O3S/c1-20(18,19)13-8-4-7-12(13)15-10-9-14(17)16-11-5-2-3-6-11/h11-13,15H,2-10H2,1H3,(H,16,17). The van der Waals surface area contributed by atoms with Crippen LogP contribution in [0, 0.1) is 0 Å². The Morgan fingerprint density at radius 2 is 1.80 bits per heavy atom. The van der Waals surface area contributed by atoms with Crippen molar-refractivity contribution in [1.29, 1.82) is 0 Å². The molecule has 2 rings (SSSR count). The first-order chi connectivity index (χ1) is 9.47. The summed E-state index contributed by atoms with van der Waals surface area (Å²) in [4.78, 5) is 11.8. The second-order valence-corrected chi connectivity index (χ2v) is 8.42. The predicted octanol–water partition coefficient (Wildman–Crippen LogP) is 0.991. The molecule has 2 N–H and O–H groups in total. The second kappa shape index (κ2) is 6.89. The lowest BCUT2D eigenvalue weighted by Gasteiger charge is -2.19. The third-order valence-corrected chi connectivity index (χ3v) is 6.15. The Balaban J connectivity index is 1.68. The summed E-state index contributed by atoms with van der Waals surface area (Å²) in [5, 5.41) is 6.03. The molecule has 2 unspecified atom stereocenters. The SMILES string of the molecule is CS(=O)(=O)C1CCCC1NCCC(=O)NC1CCCC1. The molecule has 0 aromatic carbocycles. The second-order valence-electron chi connectivity index (χ2n) is 6.16. The van der Waals surface area contributed by atoms with Gasteiger partial charge in [0, 0.05) is 31.3 Å². The minimum Gasteiger partial charge on any atom is -0.353 e. The zero-order chi connectivity index (χ0) is 14.6. The largest absolute Gasteiger partial charge is 0.353 e. The van der Waals surface area contributed by atoms with Crippen LogP contribution in [0.25, 0.3) is 0 Å². The van der Waals surface area contributed by atoms with Gasteiger partial charge in [-0.3, -0.25) is 4.79 Å². The molecule has 116 valence electrons. The highest BCUT2D eigenvalue weighted by molar-refractivity contribution is 7.91. The summed E-state index contributed by atoms with van der Waals surface area (Å²) in [6.07, 6.45) is 8.93. The molecule has 2 saturated carbocycles. The lowest BCUT2D eigenvalue weighted by Crippen LogP contribution is -2.42. The van der Waals surface area contributed by atoms with Crippen molar-refractivity contribution >= 4 is 15.7 Å². The highest BCUT2D eigenvalue weighted by Crippen LogP contribution is 2.25. The van der Waals surface area contributed by atoms with Crippen molar-refractivity contribution in [2.75, 3.05) is 12.8 Å². The Morgan fingerprint density at radius 1 is 1.10 bits per heavy atom. The van der Waals surface area contributed by atoms with E-state index in [0.29, 0.717) is 19.0 Å². The molecular weight excluding hydrogens is 276 g/mol. The van der Waals surface area contributed by atoms with Gasteiger partial charge in [-0.25, -0.2) is 8.42 Å². The third-order valence-electron chi connectivity index (χ3n) is 4.48. The van der Waals surface area contributed by atoms with Gasteiger partial charge in [0.25, 0.3) is 0 Å². The number of sulfone groups is 1. The molecule has 20 heavy (non-hydrogen) atoms. The first kappa shape index (κ1) is 15.8. The number of rotatable bonds is 6. The van der Waals surface area contributed by atoms with Gasteiger partial charge in [0.05, 0.1) is 5.25 Å². The summed E-state index contributed by atoms with van der Waals surface area (Å²) in [5.74, 6) is 0.0818. The zero-order valence-electron chi connectivity index (χ0n) is 12.2. The lowest BCUT2D eigenvalue weighted by atomic mass is 10.2. The summed E-state index contributed by atoms with van der Waals surface area (Å²) in [7, 11) is -2.98. The van der Waals surface area contributed by atoms with Crippen molar-refractivity contribution in [3.05, 3.63) is 0 Å². The average molecular weight is 302 g/mol. The van der Waals surface area contributed by atoms with Crippen LogP contribution in [0.1, 0.15) is 51.4 Å². The fourth-order valence-corrected chi connectivity index (χ4v) is 4.84. The monoisotopic (exact) mass is 302 g/mol. The predicted molar refractivity (Wildman–Crippen MR) is 79.3 cm³/mol. The molecule has 2 aliphatic rings. The van der Waals surface area contributed by atoms with E-state index in [1.165, 1.54) is 19.1 Å². The molecule has 6 heteroatoms. The highest BCUT2D eigenvalue weighted by atomic mass is 32.2. The summed E-state index contributed by atoms with van der Waals surface area (Å²) >= 11 is 0. The average Bonchev–Trinajstić information content (AvgIpc) is 2.98. The molecular formula is C14H26N2O3S. The van der Waals surface area contributed by atoms with Crippen LogP contribution in [0.15, 0.2) is 0 Å². The van der Waals surface area contributed by atoms with Crippen LogP contribution in [-0.2, 0) is 14.6 Å². The summed E-state index contributed by atoms with van der Waals surface area (Å²) in [5.41, 5.74) is 0. The Morgan fingerprint density at radius 3 is 2.45 bits per heavy atom. The van der Waals surface area contributed by atoms with Crippen molar-refractivity contribution in [1.82, 2.24) is 10.6 Å². The molecule has 5 nitrogen and oxygen atoms in total. The summed E-state index contributed by atoms with van der Waals surface area (Å²) in [6, 6.07) is 0.377. The number of hydrogen-bond acceptors (Lipinski definition) is 4. The normalized spacial score (nSPS) is 27.9. The molecule has 0 spiro atoms. The van der Waals surface area contributed by atoms with Crippen LogP contribution in [0.4, 0.5) is 0 Å². The van der Waals surface area contributed by atoms with Gasteiger partial charge in [0.15, 0.2) is 9.84 Å². The van der Waals surface area contributed by atoms with Gasteiger partial charge in [-0.2, -0.15) is 0 Å². The van der Waals surface area contributed by atoms with Crippen molar-refractivity contribution < 1.29 is 13.2 Å². The lowest BCUT2D eigenvalue weighted by molar-refractivity contribution is -0.121. The fourth-order valence-electron chi connectivity index (χ4n) is 3.41. The third kappa shape index (κ3) is 4.45. The number of carbonyl (C=O) groups is 1.